The van der Waals surface area contributed by atoms with E-state index in [1.807, 2.05) is 24.4 Å². The van der Waals surface area contributed by atoms with E-state index in [1.54, 1.807) is 18.3 Å². The van der Waals surface area contributed by atoms with Crippen LogP contribution in [-0.4, -0.2) is 28.3 Å². The fraction of sp³-hybridized carbons (Fsp3) is 0.211. The first-order valence-corrected chi connectivity index (χ1v) is 8.20. The zero-order chi connectivity index (χ0) is 17.6. The van der Waals surface area contributed by atoms with E-state index < -0.39 is 5.91 Å². The fourth-order valence-electron chi connectivity index (χ4n) is 2.86. The first kappa shape index (κ1) is 16.7. The largest absolute Gasteiger partial charge is 0.366 e. The normalized spacial score (nSPS) is 10.7. The number of carbonyl (C=O) groups excluding carboxylic acids is 2. The summed E-state index contributed by atoms with van der Waals surface area (Å²) in [5, 5.41) is 4.08. The number of rotatable bonds is 7. The number of pyridine rings is 1. The molecular formula is C19H20N4O2. The highest BCUT2D eigenvalue weighted by atomic mass is 16.2. The Balaban J connectivity index is 1.50. The van der Waals surface area contributed by atoms with Crippen LogP contribution >= 0.6 is 0 Å². The number of carbonyl (C=O) groups is 2. The van der Waals surface area contributed by atoms with Gasteiger partial charge >= 0.3 is 0 Å². The Morgan fingerprint density at radius 3 is 2.80 bits per heavy atom. The summed E-state index contributed by atoms with van der Waals surface area (Å²) < 4.78 is 0. The second-order valence-corrected chi connectivity index (χ2v) is 5.82. The monoisotopic (exact) mass is 336 g/mol. The molecule has 25 heavy (non-hydrogen) atoms. The maximum atomic E-state index is 12.0. The number of hydrogen-bond acceptors (Lipinski definition) is 3. The lowest BCUT2D eigenvalue weighted by atomic mass is 10.1. The molecule has 0 radical (unpaired) electrons. The van der Waals surface area contributed by atoms with Crippen LogP contribution in [0.3, 0.4) is 0 Å². The first-order chi connectivity index (χ1) is 12.1. The molecular weight excluding hydrogens is 316 g/mol. The van der Waals surface area contributed by atoms with E-state index in [9.17, 15) is 9.59 Å². The minimum absolute atomic E-state index is 0.0686. The fourth-order valence-corrected chi connectivity index (χ4v) is 2.86. The summed E-state index contributed by atoms with van der Waals surface area (Å²) in [6, 6.07) is 11.4. The van der Waals surface area contributed by atoms with E-state index in [0.717, 1.165) is 11.9 Å². The number of nitrogens with zero attached hydrogens (tertiary/aromatic N) is 1. The molecule has 2 heterocycles. The van der Waals surface area contributed by atoms with Gasteiger partial charge in [-0.25, -0.2) is 0 Å². The van der Waals surface area contributed by atoms with Gasteiger partial charge in [0, 0.05) is 36.3 Å². The van der Waals surface area contributed by atoms with Crippen molar-refractivity contribution in [1.82, 2.24) is 15.3 Å². The third-order valence-corrected chi connectivity index (χ3v) is 4.14. The number of hydrogen-bond donors (Lipinski definition) is 3. The number of benzene rings is 1. The number of primary amides is 1. The van der Waals surface area contributed by atoms with E-state index in [2.05, 4.69) is 21.4 Å². The number of aromatic amines is 1. The van der Waals surface area contributed by atoms with Gasteiger partial charge in [0.05, 0.1) is 11.3 Å². The zero-order valence-corrected chi connectivity index (χ0v) is 13.8. The number of para-hydroxylation sites is 1. The van der Waals surface area contributed by atoms with E-state index in [-0.39, 0.29) is 12.3 Å². The summed E-state index contributed by atoms with van der Waals surface area (Å²) in [5.74, 6) is -0.594. The molecule has 6 nitrogen and oxygen atoms in total. The Kier molecular flexibility index (Phi) is 5.09. The van der Waals surface area contributed by atoms with Crippen LogP contribution < -0.4 is 11.1 Å². The summed E-state index contributed by atoms with van der Waals surface area (Å²) in [7, 11) is 0. The maximum absolute atomic E-state index is 12.0. The Morgan fingerprint density at radius 1 is 1.12 bits per heavy atom. The maximum Gasteiger partial charge on any atom is 0.250 e. The number of aromatic nitrogens is 2. The van der Waals surface area contributed by atoms with Crippen molar-refractivity contribution in [2.45, 2.75) is 19.3 Å². The molecule has 2 aromatic heterocycles. The molecule has 0 unspecified atom stereocenters. The molecule has 6 heteroatoms. The Bertz CT molecular complexity index is 901. The quantitative estimate of drug-likeness (QED) is 0.614. The number of nitrogens with two attached hydrogens (primary N) is 1. The number of fused-ring (bicyclic) bond motifs is 1. The molecule has 2 amide bonds. The Labute approximate surface area is 145 Å². The number of H-pyrrole nitrogens is 1. The highest BCUT2D eigenvalue weighted by molar-refractivity contribution is 5.94. The van der Waals surface area contributed by atoms with Crippen molar-refractivity contribution in [2.24, 2.45) is 5.73 Å². The van der Waals surface area contributed by atoms with Gasteiger partial charge in [0.1, 0.15) is 0 Å². The van der Waals surface area contributed by atoms with Crippen LogP contribution in [0.4, 0.5) is 0 Å². The van der Waals surface area contributed by atoms with Crippen molar-refractivity contribution in [3.63, 3.8) is 0 Å². The summed E-state index contributed by atoms with van der Waals surface area (Å²) in [6.45, 7) is 0.561. The van der Waals surface area contributed by atoms with Gasteiger partial charge in [-0.3, -0.25) is 14.6 Å². The molecule has 0 aliphatic rings. The van der Waals surface area contributed by atoms with Gasteiger partial charge in [0.25, 0.3) is 5.91 Å². The number of amides is 2. The average molecular weight is 336 g/mol. The van der Waals surface area contributed by atoms with Crippen molar-refractivity contribution in [2.75, 3.05) is 6.54 Å². The van der Waals surface area contributed by atoms with Gasteiger partial charge in [-0.15, -0.1) is 0 Å². The SMILES string of the molecule is NC(=O)c1cccnc1CCC(=O)NCCc1c[nH]c2ccccc12. The average Bonchev–Trinajstić information content (AvgIpc) is 3.03. The number of nitrogens with one attached hydrogen (secondary N) is 2. The van der Waals surface area contributed by atoms with Gasteiger partial charge in [0.15, 0.2) is 0 Å². The minimum Gasteiger partial charge on any atom is -0.366 e. The van der Waals surface area contributed by atoms with E-state index in [4.69, 9.17) is 5.73 Å². The van der Waals surface area contributed by atoms with Gasteiger partial charge in [-0.1, -0.05) is 18.2 Å². The number of aryl methyl sites for hydroxylation is 1. The molecule has 0 aliphatic carbocycles. The molecule has 0 bridgehead atoms. The molecule has 1 aromatic carbocycles. The molecule has 0 fully saturated rings. The highest BCUT2D eigenvalue weighted by Crippen LogP contribution is 2.17. The zero-order valence-electron chi connectivity index (χ0n) is 13.8. The van der Waals surface area contributed by atoms with Crippen molar-refractivity contribution >= 4 is 22.7 Å². The third kappa shape index (κ3) is 4.03. The molecule has 3 aromatic rings. The smallest absolute Gasteiger partial charge is 0.250 e. The van der Waals surface area contributed by atoms with E-state index in [0.29, 0.717) is 24.2 Å². The summed E-state index contributed by atoms with van der Waals surface area (Å²) in [6.07, 6.45) is 4.98. The first-order valence-electron chi connectivity index (χ1n) is 8.20. The lowest BCUT2D eigenvalue weighted by Crippen LogP contribution is -2.26. The van der Waals surface area contributed by atoms with Crippen LogP contribution in [0.5, 0.6) is 0 Å². The van der Waals surface area contributed by atoms with Crippen LogP contribution in [0, 0.1) is 0 Å². The lowest BCUT2D eigenvalue weighted by Gasteiger charge is -2.07. The molecule has 0 aliphatic heterocycles. The minimum atomic E-state index is -0.525. The summed E-state index contributed by atoms with van der Waals surface area (Å²) in [5.41, 5.74) is 8.52. The van der Waals surface area contributed by atoms with Crippen LogP contribution in [-0.2, 0) is 17.6 Å². The van der Waals surface area contributed by atoms with Crippen LogP contribution in [0.2, 0.25) is 0 Å². The summed E-state index contributed by atoms with van der Waals surface area (Å²) >= 11 is 0. The van der Waals surface area contributed by atoms with Crippen molar-refractivity contribution in [1.29, 1.82) is 0 Å². The molecule has 0 spiro atoms. The van der Waals surface area contributed by atoms with E-state index in [1.165, 1.54) is 10.9 Å². The second-order valence-electron chi connectivity index (χ2n) is 5.82. The van der Waals surface area contributed by atoms with Crippen LogP contribution in [0.1, 0.15) is 28.0 Å². The third-order valence-electron chi connectivity index (χ3n) is 4.14. The highest BCUT2D eigenvalue weighted by Gasteiger charge is 2.11. The van der Waals surface area contributed by atoms with Crippen LogP contribution in [0.15, 0.2) is 48.8 Å². The lowest BCUT2D eigenvalue weighted by molar-refractivity contribution is -0.121. The Hall–Kier alpha value is -3.15. The van der Waals surface area contributed by atoms with Crippen molar-refractivity contribution in [3.05, 3.63) is 65.6 Å². The predicted octanol–water partition coefficient (Wildman–Crippen LogP) is 1.95. The van der Waals surface area contributed by atoms with Gasteiger partial charge in [-0.05, 0) is 36.6 Å². The molecule has 3 rings (SSSR count). The molecule has 0 saturated carbocycles. The van der Waals surface area contributed by atoms with E-state index >= 15 is 0 Å². The standard InChI is InChI=1S/C19H20N4O2/c20-19(25)15-5-3-10-21-17(15)7-8-18(24)22-11-9-13-12-23-16-6-2-1-4-14(13)16/h1-6,10,12,23H,7-9,11H2,(H2,20,25)(H,22,24). The topological polar surface area (TPSA) is 101 Å². The molecule has 0 atom stereocenters. The predicted molar refractivity (Wildman–Crippen MR) is 96.1 cm³/mol. The van der Waals surface area contributed by atoms with Crippen molar-refractivity contribution < 1.29 is 9.59 Å². The molecule has 4 N–H and O–H groups in total. The molecule has 0 saturated heterocycles. The van der Waals surface area contributed by atoms with Gasteiger partial charge in [0.2, 0.25) is 5.91 Å². The van der Waals surface area contributed by atoms with Crippen LogP contribution in [0.25, 0.3) is 10.9 Å². The summed E-state index contributed by atoms with van der Waals surface area (Å²) in [4.78, 5) is 30.7. The second kappa shape index (κ2) is 7.61. The van der Waals surface area contributed by atoms with Crippen molar-refractivity contribution in [3.8, 4) is 0 Å². The molecule has 128 valence electrons. The van der Waals surface area contributed by atoms with Gasteiger partial charge < -0.3 is 16.0 Å². The Morgan fingerprint density at radius 2 is 1.96 bits per heavy atom. The van der Waals surface area contributed by atoms with Gasteiger partial charge in [-0.2, -0.15) is 0 Å².